The lowest BCUT2D eigenvalue weighted by Gasteiger charge is -2.45. The maximum Gasteiger partial charge on any atom is 0.197 e. The third-order valence-electron chi connectivity index (χ3n) is 5.04. The van der Waals surface area contributed by atoms with Gasteiger partial charge in [0.1, 0.15) is 13.3 Å². The number of fused-ring (bicyclic) bond motifs is 3. The quantitative estimate of drug-likeness (QED) is 0.783. The highest BCUT2D eigenvalue weighted by atomic mass is 19.1. The number of methoxy groups -OCH3 is 1. The lowest BCUT2D eigenvalue weighted by Crippen LogP contribution is -2.47. The molecule has 2 heterocycles. The van der Waals surface area contributed by atoms with Gasteiger partial charge in [-0.3, -0.25) is 4.90 Å². The number of benzene rings is 1. The summed E-state index contributed by atoms with van der Waals surface area (Å²) in [6, 6.07) is 2.03. The van der Waals surface area contributed by atoms with Crippen LogP contribution in [-0.2, 0) is 11.2 Å². The van der Waals surface area contributed by atoms with Crippen LogP contribution >= 0.6 is 0 Å². The molecule has 1 fully saturated rings. The van der Waals surface area contributed by atoms with E-state index in [1.807, 2.05) is 6.07 Å². The van der Waals surface area contributed by atoms with Crippen LogP contribution in [0.25, 0.3) is 0 Å². The zero-order valence-electron chi connectivity index (χ0n) is 16.1. The van der Waals surface area contributed by atoms with E-state index in [-0.39, 0.29) is 30.1 Å². The fourth-order valence-electron chi connectivity index (χ4n) is 4.10. The maximum absolute atomic E-state index is 15.0. The molecule has 0 aliphatic carbocycles. The second kappa shape index (κ2) is 7.69. The molecule has 0 amide bonds. The molecule has 0 aromatic heterocycles. The molecule has 0 saturated carbocycles. The summed E-state index contributed by atoms with van der Waals surface area (Å²) in [6.45, 7) is 7.02. The fraction of sp³-hybridized carbons (Fsp3) is 0.700. The molecule has 26 heavy (non-hydrogen) atoms. The molecule has 2 aliphatic rings. The third-order valence-corrected chi connectivity index (χ3v) is 5.04. The highest BCUT2D eigenvalue weighted by Gasteiger charge is 2.37. The van der Waals surface area contributed by atoms with Gasteiger partial charge in [-0.25, -0.2) is 8.78 Å². The van der Waals surface area contributed by atoms with E-state index in [0.717, 1.165) is 31.5 Å². The van der Waals surface area contributed by atoms with Crippen LogP contribution < -0.4 is 9.47 Å². The zero-order valence-corrected chi connectivity index (χ0v) is 16.1. The van der Waals surface area contributed by atoms with E-state index in [2.05, 4.69) is 25.7 Å². The van der Waals surface area contributed by atoms with E-state index < -0.39 is 12.5 Å². The first-order valence-electron chi connectivity index (χ1n) is 9.34. The molecule has 0 bridgehead atoms. The summed E-state index contributed by atoms with van der Waals surface area (Å²) in [4.78, 5) is 2.38. The Labute approximate surface area is 154 Å². The SMILES string of the molecule is COc1cc2c(c(F)c1OCCF)CCN1CC(OC(C)(C)C)CCC21. The largest absolute Gasteiger partial charge is 0.493 e. The second-order valence-electron chi connectivity index (χ2n) is 8.02. The van der Waals surface area contributed by atoms with Crippen LogP contribution in [0.5, 0.6) is 11.5 Å². The van der Waals surface area contributed by atoms with Gasteiger partial charge in [-0.2, -0.15) is 0 Å². The highest BCUT2D eigenvalue weighted by molar-refractivity contribution is 5.51. The molecular weight excluding hydrogens is 340 g/mol. The molecule has 0 radical (unpaired) electrons. The third kappa shape index (κ3) is 3.96. The number of alkyl halides is 1. The Bertz CT molecular complexity index is 645. The zero-order chi connectivity index (χ0) is 18.9. The van der Waals surface area contributed by atoms with Crippen LogP contribution in [0.4, 0.5) is 8.78 Å². The Morgan fingerprint density at radius 3 is 2.69 bits per heavy atom. The lowest BCUT2D eigenvalue weighted by molar-refractivity contribution is -0.0972. The number of piperidine rings is 1. The fourth-order valence-corrected chi connectivity index (χ4v) is 4.10. The molecule has 6 heteroatoms. The van der Waals surface area contributed by atoms with Crippen LogP contribution in [0.15, 0.2) is 6.07 Å². The van der Waals surface area contributed by atoms with Crippen molar-refractivity contribution in [3.63, 3.8) is 0 Å². The molecule has 4 nitrogen and oxygen atoms in total. The molecule has 0 spiro atoms. The topological polar surface area (TPSA) is 30.9 Å². The van der Waals surface area contributed by atoms with E-state index >= 15 is 4.39 Å². The van der Waals surface area contributed by atoms with Crippen molar-refractivity contribution < 1.29 is 23.0 Å². The van der Waals surface area contributed by atoms with Crippen molar-refractivity contribution in [3.05, 3.63) is 23.0 Å². The Morgan fingerprint density at radius 2 is 2.04 bits per heavy atom. The van der Waals surface area contributed by atoms with E-state index in [9.17, 15) is 4.39 Å². The van der Waals surface area contributed by atoms with E-state index in [0.29, 0.717) is 17.7 Å². The molecule has 1 saturated heterocycles. The van der Waals surface area contributed by atoms with Crippen LogP contribution in [0.1, 0.15) is 50.8 Å². The summed E-state index contributed by atoms with van der Waals surface area (Å²) >= 11 is 0. The summed E-state index contributed by atoms with van der Waals surface area (Å²) in [5.74, 6) is -0.0350. The van der Waals surface area contributed by atoms with E-state index in [4.69, 9.17) is 14.2 Å². The Balaban J connectivity index is 1.85. The normalized spacial score (nSPS) is 23.3. The first kappa shape index (κ1) is 19.4. The minimum atomic E-state index is -0.661. The molecule has 1 aromatic carbocycles. The van der Waals surface area contributed by atoms with Gasteiger partial charge in [-0.15, -0.1) is 0 Å². The van der Waals surface area contributed by atoms with Crippen molar-refractivity contribution in [1.82, 2.24) is 4.90 Å². The lowest BCUT2D eigenvalue weighted by atomic mass is 9.85. The first-order chi connectivity index (χ1) is 12.3. The Morgan fingerprint density at radius 1 is 1.27 bits per heavy atom. The minimum absolute atomic E-state index is 0.0297. The van der Waals surface area contributed by atoms with Gasteiger partial charge in [-0.1, -0.05) is 0 Å². The summed E-state index contributed by atoms with van der Waals surface area (Å²) in [5, 5.41) is 0. The van der Waals surface area contributed by atoms with Crippen molar-refractivity contribution in [2.24, 2.45) is 0 Å². The number of nitrogens with zero attached hydrogens (tertiary/aromatic N) is 1. The summed E-state index contributed by atoms with van der Waals surface area (Å²) in [5.41, 5.74) is 1.48. The monoisotopic (exact) mass is 369 g/mol. The molecule has 146 valence electrons. The number of hydrogen-bond donors (Lipinski definition) is 0. The Kier molecular flexibility index (Phi) is 5.72. The van der Waals surface area contributed by atoms with Gasteiger partial charge >= 0.3 is 0 Å². The van der Waals surface area contributed by atoms with Gasteiger partial charge in [-0.05, 0) is 57.2 Å². The number of ether oxygens (including phenoxy) is 3. The molecule has 2 aliphatic heterocycles. The number of hydrogen-bond acceptors (Lipinski definition) is 4. The average Bonchev–Trinajstić information content (AvgIpc) is 2.58. The molecule has 3 rings (SSSR count). The molecule has 2 atom stereocenters. The minimum Gasteiger partial charge on any atom is -0.493 e. The van der Waals surface area contributed by atoms with E-state index in [1.165, 1.54) is 7.11 Å². The highest BCUT2D eigenvalue weighted by Crippen LogP contribution is 2.44. The smallest absolute Gasteiger partial charge is 0.197 e. The van der Waals surface area contributed by atoms with Crippen molar-refractivity contribution in [3.8, 4) is 11.5 Å². The van der Waals surface area contributed by atoms with Gasteiger partial charge in [0.2, 0.25) is 0 Å². The number of halogens is 2. The van der Waals surface area contributed by atoms with Crippen LogP contribution in [0.2, 0.25) is 0 Å². The van der Waals surface area contributed by atoms with E-state index in [1.54, 1.807) is 0 Å². The van der Waals surface area contributed by atoms with Crippen molar-refractivity contribution in [2.75, 3.05) is 33.5 Å². The molecule has 1 aromatic rings. The summed E-state index contributed by atoms with van der Waals surface area (Å²) in [7, 11) is 1.48. The molecule has 0 N–H and O–H groups in total. The maximum atomic E-state index is 15.0. The first-order valence-corrected chi connectivity index (χ1v) is 9.34. The van der Waals surface area contributed by atoms with Crippen LogP contribution in [-0.4, -0.2) is 50.1 Å². The predicted octanol–water partition coefficient (Wildman–Crippen LogP) is 4.06. The number of rotatable bonds is 5. The van der Waals surface area contributed by atoms with Gasteiger partial charge in [0.25, 0.3) is 0 Å². The van der Waals surface area contributed by atoms with Crippen molar-refractivity contribution in [2.45, 2.75) is 57.8 Å². The van der Waals surface area contributed by atoms with Gasteiger partial charge in [0, 0.05) is 19.1 Å². The molecule has 2 unspecified atom stereocenters. The summed E-state index contributed by atoms with van der Waals surface area (Å²) < 4.78 is 44.2. The second-order valence-corrected chi connectivity index (χ2v) is 8.02. The average molecular weight is 369 g/mol. The predicted molar refractivity (Wildman–Crippen MR) is 96.3 cm³/mol. The van der Waals surface area contributed by atoms with Gasteiger partial charge < -0.3 is 14.2 Å². The Hall–Kier alpha value is -1.40. The molecular formula is C20H29F2NO3. The van der Waals surface area contributed by atoms with Gasteiger partial charge in [0.15, 0.2) is 17.3 Å². The van der Waals surface area contributed by atoms with Gasteiger partial charge in [0.05, 0.1) is 18.8 Å². The van der Waals surface area contributed by atoms with Crippen LogP contribution in [0, 0.1) is 5.82 Å². The summed E-state index contributed by atoms with van der Waals surface area (Å²) in [6.07, 6.45) is 2.67. The van der Waals surface area contributed by atoms with Crippen molar-refractivity contribution in [1.29, 1.82) is 0 Å². The standard InChI is InChI=1S/C20H29F2NO3/c1-20(2,3)26-13-5-6-16-15-11-17(24-4)19(25-10-8-21)18(22)14(15)7-9-23(16)12-13/h11,13,16H,5-10,12H2,1-4H3. The van der Waals surface area contributed by atoms with Crippen LogP contribution in [0.3, 0.4) is 0 Å². The van der Waals surface area contributed by atoms with Crippen molar-refractivity contribution >= 4 is 0 Å².